The van der Waals surface area contributed by atoms with Gasteiger partial charge in [-0.2, -0.15) is 0 Å². The maximum absolute atomic E-state index is 12.7. The summed E-state index contributed by atoms with van der Waals surface area (Å²) in [6.45, 7) is 4.89. The molecule has 0 N–H and O–H groups in total. The number of hydrogen-bond acceptors (Lipinski definition) is 4. The molecule has 2 aliphatic rings. The number of aryl methyl sites for hydroxylation is 1. The van der Waals surface area contributed by atoms with E-state index in [4.69, 9.17) is 0 Å². The molecule has 0 unspecified atom stereocenters. The molecule has 3 heterocycles. The van der Waals surface area contributed by atoms with Crippen molar-refractivity contribution >= 4 is 5.91 Å². The van der Waals surface area contributed by atoms with E-state index in [1.165, 1.54) is 0 Å². The third-order valence-corrected chi connectivity index (χ3v) is 4.76. The highest BCUT2D eigenvalue weighted by Gasteiger charge is 2.45. The molecule has 0 radical (unpaired) electrons. The molecule has 2 fully saturated rings. The minimum atomic E-state index is 0.0551. The molecule has 1 amide bonds. The maximum Gasteiger partial charge on any atom is 0.274 e. The molecule has 108 valence electrons. The minimum absolute atomic E-state index is 0.0551. The summed E-state index contributed by atoms with van der Waals surface area (Å²) in [5.74, 6) is 0.0551. The Balaban J connectivity index is 1.81. The van der Waals surface area contributed by atoms with E-state index in [9.17, 15) is 4.79 Å². The fourth-order valence-electron chi connectivity index (χ4n) is 3.45. The van der Waals surface area contributed by atoms with Crippen molar-refractivity contribution in [1.29, 1.82) is 0 Å². The van der Waals surface area contributed by atoms with Crippen molar-refractivity contribution in [3.05, 3.63) is 23.8 Å². The summed E-state index contributed by atoms with van der Waals surface area (Å²) in [7, 11) is 2.15. The van der Waals surface area contributed by atoms with Gasteiger partial charge >= 0.3 is 0 Å². The van der Waals surface area contributed by atoms with Gasteiger partial charge in [-0.3, -0.25) is 9.78 Å². The van der Waals surface area contributed by atoms with Gasteiger partial charge < -0.3 is 9.80 Å². The first kappa shape index (κ1) is 13.5. The summed E-state index contributed by atoms with van der Waals surface area (Å²) in [5.41, 5.74) is 1.39. The van der Waals surface area contributed by atoms with E-state index in [0.717, 1.165) is 51.0 Å². The maximum atomic E-state index is 12.7. The zero-order chi connectivity index (χ0) is 14.2. The van der Waals surface area contributed by atoms with Crippen LogP contribution in [0.4, 0.5) is 0 Å². The third kappa shape index (κ3) is 2.30. The van der Waals surface area contributed by atoms with E-state index < -0.39 is 0 Å². The fourth-order valence-corrected chi connectivity index (χ4v) is 3.45. The first-order valence-electron chi connectivity index (χ1n) is 7.40. The molecule has 1 spiro atoms. The van der Waals surface area contributed by atoms with Crippen LogP contribution in [0.15, 0.2) is 12.4 Å². The molecule has 2 saturated heterocycles. The second kappa shape index (κ2) is 5.13. The Morgan fingerprint density at radius 2 is 1.90 bits per heavy atom. The molecule has 3 rings (SSSR count). The lowest BCUT2D eigenvalue weighted by Gasteiger charge is -2.44. The lowest BCUT2D eigenvalue weighted by Crippen LogP contribution is -2.53. The van der Waals surface area contributed by atoms with Gasteiger partial charge in [0.05, 0.1) is 11.9 Å². The van der Waals surface area contributed by atoms with Crippen LogP contribution < -0.4 is 0 Å². The highest BCUT2D eigenvalue weighted by molar-refractivity contribution is 5.92. The summed E-state index contributed by atoms with van der Waals surface area (Å²) in [5, 5.41) is 0. The first-order chi connectivity index (χ1) is 9.61. The molecule has 20 heavy (non-hydrogen) atoms. The number of amides is 1. The van der Waals surface area contributed by atoms with Crippen molar-refractivity contribution in [2.24, 2.45) is 0 Å². The van der Waals surface area contributed by atoms with E-state index in [1.54, 1.807) is 12.4 Å². The van der Waals surface area contributed by atoms with Crippen molar-refractivity contribution in [2.45, 2.75) is 38.1 Å². The van der Waals surface area contributed by atoms with Crippen LogP contribution in [0.1, 0.15) is 41.9 Å². The van der Waals surface area contributed by atoms with Crippen LogP contribution in [-0.4, -0.2) is 57.9 Å². The average molecular weight is 274 g/mol. The molecule has 5 heteroatoms. The second-order valence-electron chi connectivity index (χ2n) is 6.13. The van der Waals surface area contributed by atoms with E-state index in [0.29, 0.717) is 5.69 Å². The van der Waals surface area contributed by atoms with Crippen LogP contribution in [0.2, 0.25) is 0 Å². The standard InChI is InChI=1S/C15H22N4O/c1-12-10-17-13(11-16-12)14(20)19-7-3-4-15(19)5-8-18(2)9-6-15/h10-11H,3-9H2,1-2H3. The van der Waals surface area contributed by atoms with Crippen molar-refractivity contribution in [1.82, 2.24) is 19.8 Å². The molecule has 0 aromatic carbocycles. The van der Waals surface area contributed by atoms with Gasteiger partial charge in [0.1, 0.15) is 5.69 Å². The Bertz CT molecular complexity index is 491. The summed E-state index contributed by atoms with van der Waals surface area (Å²) < 4.78 is 0. The van der Waals surface area contributed by atoms with Gasteiger partial charge in [-0.25, -0.2) is 4.98 Å². The SMILES string of the molecule is Cc1cnc(C(=O)N2CCCC23CCN(C)CC3)cn1. The third-order valence-electron chi connectivity index (χ3n) is 4.76. The van der Waals surface area contributed by atoms with Crippen LogP contribution in [0.5, 0.6) is 0 Å². The Kier molecular flexibility index (Phi) is 3.46. The molecule has 1 aromatic rings. The molecular weight excluding hydrogens is 252 g/mol. The molecule has 1 aromatic heterocycles. The predicted octanol–water partition coefficient (Wildman–Crippen LogP) is 1.49. The van der Waals surface area contributed by atoms with E-state index in [-0.39, 0.29) is 11.4 Å². The smallest absolute Gasteiger partial charge is 0.274 e. The zero-order valence-corrected chi connectivity index (χ0v) is 12.3. The Morgan fingerprint density at radius 3 is 2.55 bits per heavy atom. The zero-order valence-electron chi connectivity index (χ0n) is 12.3. The van der Waals surface area contributed by atoms with Crippen molar-refractivity contribution in [3.63, 3.8) is 0 Å². The van der Waals surface area contributed by atoms with Crippen LogP contribution in [0.3, 0.4) is 0 Å². The summed E-state index contributed by atoms with van der Waals surface area (Å²) in [6.07, 6.45) is 7.67. The number of piperidine rings is 1. The van der Waals surface area contributed by atoms with Crippen LogP contribution >= 0.6 is 0 Å². The minimum Gasteiger partial charge on any atom is -0.331 e. The van der Waals surface area contributed by atoms with Gasteiger partial charge in [-0.15, -0.1) is 0 Å². The van der Waals surface area contributed by atoms with Gasteiger partial charge in [0.2, 0.25) is 0 Å². The first-order valence-corrected chi connectivity index (χ1v) is 7.40. The number of hydrogen-bond donors (Lipinski definition) is 0. The largest absolute Gasteiger partial charge is 0.331 e. The fraction of sp³-hybridized carbons (Fsp3) is 0.667. The van der Waals surface area contributed by atoms with Crippen molar-refractivity contribution < 1.29 is 4.79 Å². The number of rotatable bonds is 1. The van der Waals surface area contributed by atoms with Gasteiger partial charge in [0.15, 0.2) is 0 Å². The summed E-state index contributed by atoms with van der Waals surface area (Å²) >= 11 is 0. The lowest BCUT2D eigenvalue weighted by atomic mass is 9.85. The molecular formula is C15H22N4O. The number of carbonyl (C=O) groups is 1. The highest BCUT2D eigenvalue weighted by Crippen LogP contribution is 2.38. The molecule has 0 bridgehead atoms. The van der Waals surface area contributed by atoms with Crippen molar-refractivity contribution in [2.75, 3.05) is 26.7 Å². The van der Waals surface area contributed by atoms with Crippen LogP contribution in [0.25, 0.3) is 0 Å². The molecule has 2 aliphatic heterocycles. The number of carbonyl (C=O) groups excluding carboxylic acids is 1. The Morgan fingerprint density at radius 1 is 1.15 bits per heavy atom. The molecule has 0 atom stereocenters. The lowest BCUT2D eigenvalue weighted by molar-refractivity contribution is 0.0403. The highest BCUT2D eigenvalue weighted by atomic mass is 16.2. The topological polar surface area (TPSA) is 49.3 Å². The summed E-state index contributed by atoms with van der Waals surface area (Å²) in [4.78, 5) is 25.6. The Hall–Kier alpha value is -1.49. The molecule has 0 aliphatic carbocycles. The van der Waals surface area contributed by atoms with Crippen LogP contribution in [0, 0.1) is 6.92 Å². The number of nitrogens with zero attached hydrogens (tertiary/aromatic N) is 4. The van der Waals surface area contributed by atoms with Gasteiger partial charge in [-0.1, -0.05) is 0 Å². The summed E-state index contributed by atoms with van der Waals surface area (Å²) in [6, 6.07) is 0. The Labute approximate surface area is 120 Å². The van der Waals surface area contributed by atoms with E-state index in [1.807, 2.05) is 6.92 Å². The number of aromatic nitrogens is 2. The molecule has 5 nitrogen and oxygen atoms in total. The van der Waals surface area contributed by atoms with E-state index in [2.05, 4.69) is 26.8 Å². The quantitative estimate of drug-likeness (QED) is 0.778. The van der Waals surface area contributed by atoms with E-state index >= 15 is 0 Å². The van der Waals surface area contributed by atoms with Crippen molar-refractivity contribution in [3.8, 4) is 0 Å². The van der Waals surface area contributed by atoms with Gasteiger partial charge in [-0.05, 0) is 39.7 Å². The second-order valence-corrected chi connectivity index (χ2v) is 6.13. The normalized spacial score (nSPS) is 22.4. The predicted molar refractivity (Wildman–Crippen MR) is 76.5 cm³/mol. The molecule has 0 saturated carbocycles. The van der Waals surface area contributed by atoms with Crippen LogP contribution in [-0.2, 0) is 0 Å². The average Bonchev–Trinajstić information content (AvgIpc) is 2.86. The monoisotopic (exact) mass is 274 g/mol. The number of likely N-dealkylation sites (tertiary alicyclic amines) is 2. The van der Waals surface area contributed by atoms with Gasteiger partial charge in [0, 0.05) is 31.4 Å². The van der Waals surface area contributed by atoms with Gasteiger partial charge in [0.25, 0.3) is 5.91 Å².